The van der Waals surface area contributed by atoms with E-state index in [1.807, 2.05) is 24.3 Å². The van der Waals surface area contributed by atoms with E-state index in [0.717, 1.165) is 10.1 Å². The van der Waals surface area contributed by atoms with Crippen molar-refractivity contribution in [3.05, 3.63) is 47.0 Å². The molecule has 2 N–H and O–H groups in total. The van der Waals surface area contributed by atoms with Gasteiger partial charge in [-0.05, 0) is 17.5 Å². The highest BCUT2D eigenvalue weighted by Gasteiger charge is 2.11. The highest BCUT2D eigenvalue weighted by atomic mass is 32.1. The number of hydrogen-bond donors (Lipinski definition) is 2. The Labute approximate surface area is 100 Å². The minimum Gasteiger partial charge on any atom is -0.502 e. The van der Waals surface area contributed by atoms with Crippen LogP contribution in [0.1, 0.15) is 9.67 Å². The van der Waals surface area contributed by atoms with Crippen molar-refractivity contribution in [1.29, 1.82) is 0 Å². The molecule has 0 unspecified atom stereocenters. The summed E-state index contributed by atoms with van der Waals surface area (Å²) in [6.07, 6.45) is 0.715. The van der Waals surface area contributed by atoms with E-state index < -0.39 is 17.5 Å². The van der Waals surface area contributed by atoms with Crippen LogP contribution in [-0.4, -0.2) is 22.0 Å². The molecule has 0 aliphatic heterocycles. The third kappa shape index (κ3) is 2.34. The van der Waals surface area contributed by atoms with Gasteiger partial charge in [-0.15, -0.1) is 11.3 Å². The molecule has 0 amide bonds. The summed E-state index contributed by atoms with van der Waals surface area (Å²) in [5.41, 5.74) is 0. The number of fused-ring (bicyclic) bond motifs is 1. The average Bonchev–Trinajstić information content (AvgIpc) is 2.72. The molecule has 2 rings (SSSR count). The molecule has 1 heterocycles. The molecule has 0 aliphatic rings. The quantitative estimate of drug-likeness (QED) is 0.497. The zero-order valence-electron chi connectivity index (χ0n) is 8.58. The van der Waals surface area contributed by atoms with E-state index in [1.54, 1.807) is 6.07 Å². The average molecular weight is 248 g/mol. The summed E-state index contributed by atoms with van der Waals surface area (Å²) >= 11 is 1.26. The zero-order valence-corrected chi connectivity index (χ0v) is 9.40. The van der Waals surface area contributed by atoms with Crippen LogP contribution in [0.15, 0.2) is 42.2 Å². The molecule has 4 nitrogen and oxygen atoms in total. The smallest absolute Gasteiger partial charge is 0.371 e. The van der Waals surface area contributed by atoms with Crippen LogP contribution in [0.5, 0.6) is 0 Å². The number of benzene rings is 1. The number of rotatable bonds is 3. The Kier molecular flexibility index (Phi) is 2.93. The maximum absolute atomic E-state index is 11.6. The SMILES string of the molecule is O=C(O)/C(O)=C/C(=O)c1cc2ccccc2s1. The third-order valence-electron chi connectivity index (χ3n) is 2.16. The van der Waals surface area contributed by atoms with Crippen molar-refractivity contribution >= 4 is 33.2 Å². The van der Waals surface area contributed by atoms with Crippen LogP contribution < -0.4 is 0 Å². The Morgan fingerprint density at radius 1 is 1.18 bits per heavy atom. The van der Waals surface area contributed by atoms with Crippen molar-refractivity contribution in [2.75, 3.05) is 0 Å². The van der Waals surface area contributed by atoms with Crippen molar-refractivity contribution in [2.24, 2.45) is 0 Å². The Morgan fingerprint density at radius 3 is 2.53 bits per heavy atom. The first-order valence-corrected chi connectivity index (χ1v) is 5.56. The summed E-state index contributed by atoms with van der Waals surface area (Å²) in [5.74, 6) is -2.97. The predicted octanol–water partition coefficient (Wildman–Crippen LogP) is 2.61. The number of hydrogen-bond acceptors (Lipinski definition) is 4. The summed E-state index contributed by atoms with van der Waals surface area (Å²) in [6, 6.07) is 9.13. The number of carboxylic acid groups (broad SMARTS) is 1. The Balaban J connectivity index is 2.37. The van der Waals surface area contributed by atoms with Gasteiger partial charge in [0.25, 0.3) is 0 Å². The first-order valence-electron chi connectivity index (χ1n) is 4.75. The second-order valence-corrected chi connectivity index (χ2v) is 4.43. The Morgan fingerprint density at radius 2 is 1.88 bits per heavy atom. The van der Waals surface area contributed by atoms with E-state index in [2.05, 4.69) is 0 Å². The van der Waals surface area contributed by atoms with Gasteiger partial charge in [-0.3, -0.25) is 4.79 Å². The molecule has 5 heteroatoms. The maximum Gasteiger partial charge on any atom is 0.371 e. The molecule has 0 atom stereocenters. The van der Waals surface area contributed by atoms with Gasteiger partial charge < -0.3 is 10.2 Å². The highest BCUT2D eigenvalue weighted by Crippen LogP contribution is 2.25. The monoisotopic (exact) mass is 248 g/mol. The van der Waals surface area contributed by atoms with Crippen LogP contribution in [0.4, 0.5) is 0 Å². The van der Waals surface area contributed by atoms with E-state index in [1.165, 1.54) is 11.3 Å². The largest absolute Gasteiger partial charge is 0.502 e. The lowest BCUT2D eigenvalue weighted by Gasteiger charge is -1.90. The molecular weight excluding hydrogens is 240 g/mol. The Bertz CT molecular complexity index is 591. The molecule has 0 fully saturated rings. The summed E-state index contributed by atoms with van der Waals surface area (Å²) in [5, 5.41) is 18.3. The number of aliphatic hydroxyl groups excluding tert-OH is 1. The van der Waals surface area contributed by atoms with Gasteiger partial charge in [0.05, 0.1) is 4.88 Å². The van der Waals surface area contributed by atoms with Gasteiger partial charge in [-0.2, -0.15) is 0 Å². The first-order chi connectivity index (χ1) is 8.08. The van der Waals surface area contributed by atoms with Crippen molar-refractivity contribution in [3.8, 4) is 0 Å². The van der Waals surface area contributed by atoms with Gasteiger partial charge in [0, 0.05) is 10.8 Å². The minimum absolute atomic E-state index is 0.402. The van der Waals surface area contributed by atoms with Crippen molar-refractivity contribution in [1.82, 2.24) is 0 Å². The van der Waals surface area contributed by atoms with Crippen LogP contribution >= 0.6 is 11.3 Å². The topological polar surface area (TPSA) is 74.6 Å². The summed E-state index contributed by atoms with van der Waals surface area (Å²) in [7, 11) is 0. The van der Waals surface area contributed by atoms with E-state index in [9.17, 15) is 9.59 Å². The molecule has 0 radical (unpaired) electrons. The summed E-state index contributed by atoms with van der Waals surface area (Å²) in [4.78, 5) is 22.4. The molecule has 0 spiro atoms. The molecule has 17 heavy (non-hydrogen) atoms. The van der Waals surface area contributed by atoms with Gasteiger partial charge in [0.2, 0.25) is 5.76 Å². The lowest BCUT2D eigenvalue weighted by atomic mass is 10.2. The molecule has 2 aromatic rings. The van der Waals surface area contributed by atoms with E-state index in [0.29, 0.717) is 11.0 Å². The molecule has 1 aromatic heterocycles. The third-order valence-corrected chi connectivity index (χ3v) is 3.29. The fraction of sp³-hybridized carbons (Fsp3) is 0. The van der Waals surface area contributed by atoms with Crippen molar-refractivity contribution in [3.63, 3.8) is 0 Å². The number of aliphatic hydroxyl groups is 1. The standard InChI is InChI=1S/C12H8O4S/c13-8(6-9(14)12(15)16)11-5-7-3-1-2-4-10(7)17-11/h1-6,14H,(H,15,16)/b9-6-. The highest BCUT2D eigenvalue weighted by molar-refractivity contribution is 7.21. The second kappa shape index (κ2) is 4.39. The normalized spacial score (nSPS) is 11.6. The van der Waals surface area contributed by atoms with Gasteiger partial charge in [-0.25, -0.2) is 4.79 Å². The molecule has 0 saturated heterocycles. The first kappa shape index (κ1) is 11.3. The fourth-order valence-corrected chi connectivity index (χ4v) is 2.33. The number of ketones is 1. The van der Waals surface area contributed by atoms with Crippen LogP contribution in [0.25, 0.3) is 10.1 Å². The van der Waals surface area contributed by atoms with Gasteiger partial charge in [-0.1, -0.05) is 18.2 Å². The van der Waals surface area contributed by atoms with Gasteiger partial charge in [0.1, 0.15) is 0 Å². The number of carboxylic acids is 1. The minimum atomic E-state index is -1.51. The zero-order chi connectivity index (χ0) is 12.4. The van der Waals surface area contributed by atoms with Crippen molar-refractivity contribution in [2.45, 2.75) is 0 Å². The van der Waals surface area contributed by atoms with Gasteiger partial charge >= 0.3 is 5.97 Å². The van der Waals surface area contributed by atoms with Crippen molar-refractivity contribution < 1.29 is 19.8 Å². The second-order valence-electron chi connectivity index (χ2n) is 3.35. The van der Waals surface area contributed by atoms with Crippen LogP contribution in [0.2, 0.25) is 0 Å². The number of allylic oxidation sites excluding steroid dienone is 1. The molecule has 86 valence electrons. The molecular formula is C12H8O4S. The molecule has 1 aromatic carbocycles. The molecule has 0 aliphatic carbocycles. The number of thiophene rings is 1. The molecule has 0 bridgehead atoms. The lowest BCUT2D eigenvalue weighted by Crippen LogP contribution is -2.02. The van der Waals surface area contributed by atoms with Crippen LogP contribution in [0.3, 0.4) is 0 Å². The summed E-state index contributed by atoms with van der Waals surface area (Å²) < 4.78 is 0.944. The van der Waals surface area contributed by atoms with Gasteiger partial charge in [0.15, 0.2) is 5.78 Å². The molecule has 0 saturated carbocycles. The summed E-state index contributed by atoms with van der Waals surface area (Å²) in [6.45, 7) is 0. The number of aliphatic carboxylic acids is 1. The number of carbonyl (C=O) groups is 2. The fourth-order valence-electron chi connectivity index (χ4n) is 1.36. The van der Waals surface area contributed by atoms with E-state index in [4.69, 9.17) is 10.2 Å². The lowest BCUT2D eigenvalue weighted by molar-refractivity contribution is -0.135. The predicted molar refractivity (Wildman–Crippen MR) is 64.5 cm³/mol. The van der Waals surface area contributed by atoms with E-state index in [-0.39, 0.29) is 0 Å². The van der Waals surface area contributed by atoms with Crippen LogP contribution in [-0.2, 0) is 4.79 Å². The number of carbonyl (C=O) groups excluding carboxylic acids is 1. The maximum atomic E-state index is 11.6. The van der Waals surface area contributed by atoms with E-state index >= 15 is 0 Å². The van der Waals surface area contributed by atoms with Crippen LogP contribution in [0, 0.1) is 0 Å². The Hall–Kier alpha value is -2.14.